The predicted molar refractivity (Wildman–Crippen MR) is 52.9 cm³/mol. The maximum atomic E-state index is 11.6. The molecule has 2 aliphatic carbocycles. The Morgan fingerprint density at radius 2 is 2.18 bits per heavy atom. The third-order valence-electron chi connectivity index (χ3n) is 4.21. The molecule has 0 spiro atoms. The summed E-state index contributed by atoms with van der Waals surface area (Å²) in [5, 5.41) is 0. The van der Waals surface area contributed by atoms with Crippen molar-refractivity contribution in [2.45, 2.75) is 18.9 Å². The Morgan fingerprint density at radius 1 is 1.41 bits per heavy atom. The zero-order valence-electron chi connectivity index (χ0n) is 9.43. The quantitative estimate of drug-likeness (QED) is 0.428. The fourth-order valence-corrected chi connectivity index (χ4v) is 3.59. The van der Waals surface area contributed by atoms with Crippen molar-refractivity contribution in [3.63, 3.8) is 0 Å². The van der Waals surface area contributed by atoms with Crippen LogP contribution in [0, 0.1) is 29.7 Å². The van der Waals surface area contributed by atoms with Crippen LogP contribution < -0.4 is 0 Å². The van der Waals surface area contributed by atoms with Gasteiger partial charge in [0.25, 0.3) is 0 Å². The molecule has 1 aliphatic heterocycles. The van der Waals surface area contributed by atoms with Crippen LogP contribution in [0.1, 0.15) is 12.8 Å². The maximum Gasteiger partial charge on any atom is 0.309 e. The predicted octanol–water partition coefficient (Wildman–Crippen LogP) is 0.714. The van der Waals surface area contributed by atoms with E-state index in [1.54, 1.807) is 0 Å². The van der Waals surface area contributed by atoms with Crippen LogP contribution in [0.15, 0.2) is 6.58 Å². The van der Waals surface area contributed by atoms with Crippen molar-refractivity contribution in [3.05, 3.63) is 12.7 Å². The summed E-state index contributed by atoms with van der Waals surface area (Å²) in [6, 6.07) is 0. The average Bonchev–Trinajstić information content (AvgIpc) is 2.91. The SMILES string of the molecule is C=[C-]C(=O)OC1CC2CC1C1C(=O)OCC21.[Y]. The molecule has 2 bridgehead atoms. The van der Waals surface area contributed by atoms with Gasteiger partial charge in [-0.1, -0.05) is 0 Å². The van der Waals surface area contributed by atoms with E-state index in [0.29, 0.717) is 18.4 Å². The molecule has 0 amide bonds. The summed E-state index contributed by atoms with van der Waals surface area (Å²) in [6.07, 6.45) is 3.90. The summed E-state index contributed by atoms with van der Waals surface area (Å²) in [5.74, 6) is 0.328. The molecule has 5 unspecified atom stereocenters. The van der Waals surface area contributed by atoms with E-state index in [9.17, 15) is 9.59 Å². The van der Waals surface area contributed by atoms with Crippen LogP contribution in [-0.4, -0.2) is 24.6 Å². The third-order valence-corrected chi connectivity index (χ3v) is 4.21. The molecule has 5 atom stereocenters. The number of ether oxygens (including phenoxy) is 2. The van der Waals surface area contributed by atoms with E-state index in [-0.39, 0.29) is 56.6 Å². The standard InChI is InChI=1S/C12H13O4.Y/c1-2-10(13)16-9-4-6-3-7(9)11-8(6)5-15-12(11)14;/h6-9,11H,1,3-5H2;/q-1;. The van der Waals surface area contributed by atoms with Gasteiger partial charge in [0.05, 0.1) is 12.5 Å². The van der Waals surface area contributed by atoms with Gasteiger partial charge in [0, 0.05) is 44.5 Å². The fourth-order valence-electron chi connectivity index (χ4n) is 3.59. The molecule has 17 heavy (non-hydrogen) atoms. The van der Waals surface area contributed by atoms with Crippen molar-refractivity contribution < 1.29 is 51.8 Å². The van der Waals surface area contributed by atoms with Crippen LogP contribution in [0.4, 0.5) is 0 Å². The molecular formula is C12H13O4Y-. The molecule has 5 heteroatoms. The van der Waals surface area contributed by atoms with Crippen molar-refractivity contribution in [1.82, 2.24) is 0 Å². The molecule has 1 saturated heterocycles. The molecule has 0 aromatic rings. The molecule has 3 aliphatic rings. The number of cyclic esters (lactones) is 1. The second-order valence-corrected chi connectivity index (χ2v) is 4.84. The maximum absolute atomic E-state index is 11.6. The van der Waals surface area contributed by atoms with Gasteiger partial charge in [0.15, 0.2) is 0 Å². The Balaban J connectivity index is 0.00000108. The van der Waals surface area contributed by atoms with Gasteiger partial charge in [0.2, 0.25) is 0 Å². The van der Waals surface area contributed by atoms with Crippen LogP contribution in [-0.2, 0) is 51.8 Å². The molecule has 1 heterocycles. The Bertz CT molecular complexity index is 368. The van der Waals surface area contributed by atoms with Crippen LogP contribution in [0.3, 0.4) is 0 Å². The minimum absolute atomic E-state index is 0. The van der Waals surface area contributed by atoms with Gasteiger partial charge in [-0.25, -0.2) is 0 Å². The molecule has 1 radical (unpaired) electrons. The van der Waals surface area contributed by atoms with E-state index in [4.69, 9.17) is 9.47 Å². The van der Waals surface area contributed by atoms with E-state index in [1.807, 2.05) is 0 Å². The average molecular weight is 310 g/mol. The molecular weight excluding hydrogens is 297 g/mol. The number of fused-ring (bicyclic) bond motifs is 5. The number of hydrogen-bond donors (Lipinski definition) is 0. The molecule has 0 N–H and O–H groups in total. The van der Waals surface area contributed by atoms with Crippen LogP contribution in [0.5, 0.6) is 0 Å². The smallest absolute Gasteiger partial charge is 0.309 e. The van der Waals surface area contributed by atoms with Crippen LogP contribution in [0.2, 0.25) is 0 Å². The van der Waals surface area contributed by atoms with E-state index in [2.05, 4.69) is 12.7 Å². The van der Waals surface area contributed by atoms with E-state index in [0.717, 1.165) is 12.8 Å². The van der Waals surface area contributed by atoms with Crippen molar-refractivity contribution >= 4 is 11.9 Å². The number of carbonyl (C=O) groups is 2. The Labute approximate surface area is 125 Å². The topological polar surface area (TPSA) is 52.6 Å². The number of rotatable bonds is 2. The van der Waals surface area contributed by atoms with E-state index < -0.39 is 5.97 Å². The first-order chi connectivity index (χ1) is 7.70. The zero-order valence-corrected chi connectivity index (χ0v) is 12.3. The summed E-state index contributed by atoms with van der Waals surface area (Å²) in [7, 11) is 0. The van der Waals surface area contributed by atoms with Crippen LogP contribution >= 0.6 is 0 Å². The number of esters is 2. The van der Waals surface area contributed by atoms with Gasteiger partial charge in [-0.05, 0) is 18.8 Å². The third kappa shape index (κ3) is 1.99. The largest absolute Gasteiger partial charge is 0.486 e. The summed E-state index contributed by atoms with van der Waals surface area (Å²) in [4.78, 5) is 22.7. The van der Waals surface area contributed by atoms with Gasteiger partial charge in [-0.3, -0.25) is 16.2 Å². The zero-order chi connectivity index (χ0) is 11.3. The summed E-state index contributed by atoms with van der Waals surface area (Å²) < 4.78 is 10.3. The van der Waals surface area contributed by atoms with Crippen LogP contribution in [0.25, 0.3) is 0 Å². The molecule has 3 fully saturated rings. The molecule has 3 rings (SSSR count). The Hall–Kier alpha value is -0.216. The summed E-state index contributed by atoms with van der Waals surface area (Å²) in [6.45, 7) is 3.81. The van der Waals surface area contributed by atoms with Gasteiger partial charge in [0.1, 0.15) is 12.1 Å². The first kappa shape index (κ1) is 13.2. The molecule has 89 valence electrons. The molecule has 0 aromatic heterocycles. The number of carbonyl (C=O) groups excluding carboxylic acids is 2. The first-order valence-corrected chi connectivity index (χ1v) is 5.61. The van der Waals surface area contributed by atoms with Gasteiger partial charge >= 0.3 is 5.97 Å². The van der Waals surface area contributed by atoms with Crippen molar-refractivity contribution in [1.29, 1.82) is 0 Å². The molecule has 4 nitrogen and oxygen atoms in total. The van der Waals surface area contributed by atoms with Gasteiger partial charge in [-0.15, -0.1) is 0 Å². The monoisotopic (exact) mass is 310 g/mol. The Morgan fingerprint density at radius 3 is 2.88 bits per heavy atom. The number of hydrogen-bond acceptors (Lipinski definition) is 4. The van der Waals surface area contributed by atoms with E-state index >= 15 is 0 Å². The minimum Gasteiger partial charge on any atom is -0.486 e. The normalized spacial score (nSPS) is 41.4. The fraction of sp³-hybridized carbons (Fsp3) is 0.667. The van der Waals surface area contributed by atoms with Gasteiger partial charge in [-0.2, -0.15) is 0 Å². The minimum atomic E-state index is -0.513. The van der Waals surface area contributed by atoms with Crippen molar-refractivity contribution in [3.8, 4) is 0 Å². The van der Waals surface area contributed by atoms with Crippen molar-refractivity contribution in [2.75, 3.05) is 6.61 Å². The molecule has 0 aromatic carbocycles. The van der Waals surface area contributed by atoms with Gasteiger partial charge < -0.3 is 15.5 Å². The van der Waals surface area contributed by atoms with E-state index in [1.165, 1.54) is 0 Å². The summed E-state index contributed by atoms with van der Waals surface area (Å²) in [5.41, 5.74) is 0. The van der Waals surface area contributed by atoms with Crippen molar-refractivity contribution in [2.24, 2.45) is 23.7 Å². The molecule has 2 saturated carbocycles. The summed E-state index contributed by atoms with van der Waals surface area (Å²) >= 11 is 0. The Kier molecular flexibility index (Phi) is 3.74. The second kappa shape index (κ2) is 4.81. The first-order valence-electron chi connectivity index (χ1n) is 5.61. The second-order valence-electron chi connectivity index (χ2n) is 4.84.